The summed E-state index contributed by atoms with van der Waals surface area (Å²) >= 11 is 3.44. The molecular weight excluding hydrogens is 386 g/mol. The van der Waals surface area contributed by atoms with Crippen molar-refractivity contribution in [3.63, 3.8) is 0 Å². The van der Waals surface area contributed by atoms with Crippen LogP contribution in [0.2, 0.25) is 0 Å². The molecule has 1 aliphatic heterocycles. The molecule has 0 aliphatic carbocycles. The summed E-state index contributed by atoms with van der Waals surface area (Å²) in [6.07, 6.45) is 4.15. The van der Waals surface area contributed by atoms with Crippen LogP contribution in [0, 0.1) is 5.41 Å². The van der Waals surface area contributed by atoms with Crippen LogP contribution in [0.5, 0.6) is 0 Å². The molecule has 1 N–H and O–H groups in total. The van der Waals surface area contributed by atoms with Crippen LogP contribution in [0.15, 0.2) is 47.2 Å². The maximum atomic E-state index is 11.1. The summed E-state index contributed by atoms with van der Waals surface area (Å²) in [6, 6.07) is 7.98. The summed E-state index contributed by atoms with van der Waals surface area (Å²) in [4.78, 5) is 4.01. The molecular formula is C18H22BrN3O3. The number of ether oxygens (including phenoxy) is 2. The Kier molecular flexibility index (Phi) is 5.56. The van der Waals surface area contributed by atoms with Crippen molar-refractivity contribution in [3.05, 3.63) is 52.7 Å². The molecule has 1 saturated heterocycles. The molecule has 3 rings (SSSR count). The Morgan fingerprint density at radius 2 is 2.00 bits per heavy atom. The molecule has 0 spiro atoms. The summed E-state index contributed by atoms with van der Waals surface area (Å²) in [5, 5.41) is 15.3. The van der Waals surface area contributed by atoms with E-state index < -0.39 is 5.41 Å². The fraction of sp³-hybridized carbons (Fsp3) is 0.444. The van der Waals surface area contributed by atoms with Crippen molar-refractivity contribution < 1.29 is 14.6 Å². The topological polar surface area (TPSA) is 69.4 Å². The van der Waals surface area contributed by atoms with Gasteiger partial charge in [-0.1, -0.05) is 35.0 Å². The fourth-order valence-electron chi connectivity index (χ4n) is 2.78. The lowest BCUT2D eigenvalue weighted by molar-refractivity contribution is -0.222. The van der Waals surface area contributed by atoms with E-state index in [4.69, 9.17) is 9.47 Å². The molecule has 1 aromatic heterocycles. The van der Waals surface area contributed by atoms with Crippen LogP contribution in [0.25, 0.3) is 5.70 Å². The van der Waals surface area contributed by atoms with Crippen LogP contribution in [0.3, 0.4) is 0 Å². The number of aliphatic hydroxyl groups excluding tert-OH is 1. The Morgan fingerprint density at radius 3 is 2.56 bits per heavy atom. The average Bonchev–Trinajstić information content (AvgIpc) is 3.16. The van der Waals surface area contributed by atoms with Gasteiger partial charge >= 0.3 is 0 Å². The first-order valence-corrected chi connectivity index (χ1v) is 9.06. The van der Waals surface area contributed by atoms with Crippen molar-refractivity contribution >= 4 is 21.6 Å². The molecule has 2 aromatic rings. The van der Waals surface area contributed by atoms with Crippen molar-refractivity contribution in [2.24, 2.45) is 5.41 Å². The van der Waals surface area contributed by atoms with Gasteiger partial charge in [-0.25, -0.2) is 9.67 Å². The first-order chi connectivity index (χ1) is 12.0. The second-order valence-corrected chi connectivity index (χ2v) is 7.37. The van der Waals surface area contributed by atoms with Gasteiger partial charge in [0.2, 0.25) is 0 Å². The summed E-state index contributed by atoms with van der Waals surface area (Å²) < 4.78 is 14.1. The summed E-state index contributed by atoms with van der Waals surface area (Å²) in [5.74, 6) is 0.218. The Morgan fingerprint density at radius 1 is 1.32 bits per heavy atom. The first-order valence-electron chi connectivity index (χ1n) is 8.27. The third kappa shape index (κ3) is 4.11. The third-order valence-electron chi connectivity index (χ3n) is 4.33. The Bertz CT molecular complexity index is 721. The summed E-state index contributed by atoms with van der Waals surface area (Å²) in [7, 11) is 0. The number of halogens is 1. The highest BCUT2D eigenvalue weighted by molar-refractivity contribution is 9.10. The quantitative estimate of drug-likeness (QED) is 0.763. The maximum Gasteiger partial charge on any atom is 0.157 e. The SMILES string of the molecule is CCC1OCC(C)(/C(O)=C(/Cc2ccc(Br)cc2)n2cncn2)CO1. The number of hydrogen-bond acceptors (Lipinski definition) is 5. The zero-order chi connectivity index (χ0) is 17.9. The number of benzene rings is 1. The van der Waals surface area contributed by atoms with Crippen molar-refractivity contribution in [1.82, 2.24) is 14.8 Å². The van der Waals surface area contributed by atoms with Gasteiger partial charge in [-0.05, 0) is 31.0 Å². The minimum absolute atomic E-state index is 0.206. The fourth-order valence-corrected chi connectivity index (χ4v) is 3.05. The lowest BCUT2D eigenvalue weighted by Gasteiger charge is -2.37. The molecule has 1 aliphatic rings. The molecule has 0 saturated carbocycles. The van der Waals surface area contributed by atoms with Crippen molar-refractivity contribution in [3.8, 4) is 0 Å². The van der Waals surface area contributed by atoms with E-state index in [1.54, 1.807) is 11.0 Å². The predicted molar refractivity (Wildman–Crippen MR) is 97.8 cm³/mol. The van der Waals surface area contributed by atoms with E-state index in [0.717, 1.165) is 16.5 Å². The number of aromatic nitrogens is 3. The van der Waals surface area contributed by atoms with Gasteiger partial charge in [0, 0.05) is 10.9 Å². The second-order valence-electron chi connectivity index (χ2n) is 6.46. The van der Waals surface area contributed by atoms with Crippen LogP contribution >= 0.6 is 15.9 Å². The zero-order valence-corrected chi connectivity index (χ0v) is 15.9. The van der Waals surface area contributed by atoms with E-state index in [2.05, 4.69) is 26.0 Å². The van der Waals surface area contributed by atoms with Crippen molar-refractivity contribution in [1.29, 1.82) is 0 Å². The van der Waals surface area contributed by atoms with Crippen LogP contribution in [-0.4, -0.2) is 39.4 Å². The highest BCUT2D eigenvalue weighted by atomic mass is 79.9. The van der Waals surface area contributed by atoms with Gasteiger partial charge in [-0.15, -0.1) is 0 Å². The maximum absolute atomic E-state index is 11.1. The highest BCUT2D eigenvalue weighted by Crippen LogP contribution is 2.35. The molecule has 1 aromatic carbocycles. The van der Waals surface area contributed by atoms with Gasteiger partial charge in [0.25, 0.3) is 0 Å². The van der Waals surface area contributed by atoms with Crippen molar-refractivity contribution in [2.75, 3.05) is 13.2 Å². The van der Waals surface area contributed by atoms with Crippen LogP contribution in [0.1, 0.15) is 25.8 Å². The number of nitrogens with zero attached hydrogens (tertiary/aromatic N) is 3. The van der Waals surface area contributed by atoms with Gasteiger partial charge in [0.05, 0.1) is 24.3 Å². The molecule has 1 fully saturated rings. The van der Waals surface area contributed by atoms with Crippen LogP contribution in [-0.2, 0) is 15.9 Å². The number of allylic oxidation sites excluding steroid dienone is 1. The summed E-state index contributed by atoms with van der Waals surface area (Å²) in [6.45, 7) is 4.75. The van der Waals surface area contributed by atoms with Gasteiger partial charge < -0.3 is 14.6 Å². The Labute approximate surface area is 155 Å². The standard InChI is InChI=1S/C18H22BrN3O3/c1-3-16-24-9-18(2,10-25-16)17(23)15(22-12-20-11-21-22)8-13-4-6-14(19)7-5-13/h4-7,11-12,16,23H,3,8-10H2,1-2H3/b17-15+. The molecule has 0 bridgehead atoms. The minimum atomic E-state index is -0.623. The second kappa shape index (κ2) is 7.68. The smallest absolute Gasteiger partial charge is 0.157 e. The molecule has 0 atom stereocenters. The lowest BCUT2D eigenvalue weighted by atomic mass is 9.87. The largest absolute Gasteiger partial charge is 0.510 e. The molecule has 7 heteroatoms. The Hall–Kier alpha value is -1.70. The van der Waals surface area contributed by atoms with Gasteiger partial charge in [-0.3, -0.25) is 0 Å². The minimum Gasteiger partial charge on any atom is -0.510 e. The molecule has 134 valence electrons. The number of hydrogen-bond donors (Lipinski definition) is 1. The summed E-state index contributed by atoms with van der Waals surface area (Å²) in [5.41, 5.74) is 1.11. The highest BCUT2D eigenvalue weighted by Gasteiger charge is 2.38. The zero-order valence-electron chi connectivity index (χ0n) is 14.4. The molecule has 0 unspecified atom stereocenters. The number of rotatable bonds is 5. The third-order valence-corrected chi connectivity index (χ3v) is 4.86. The van der Waals surface area contributed by atoms with Crippen LogP contribution < -0.4 is 0 Å². The molecule has 6 nitrogen and oxygen atoms in total. The van der Waals surface area contributed by atoms with Gasteiger partial charge in [0.1, 0.15) is 18.4 Å². The van der Waals surface area contributed by atoms with E-state index in [0.29, 0.717) is 25.3 Å². The Balaban J connectivity index is 1.92. The van der Waals surface area contributed by atoms with Crippen LogP contribution in [0.4, 0.5) is 0 Å². The number of aliphatic hydroxyl groups is 1. The van der Waals surface area contributed by atoms with Gasteiger partial charge in [-0.2, -0.15) is 5.10 Å². The molecule has 0 radical (unpaired) electrons. The molecule has 0 amide bonds. The molecule has 2 heterocycles. The van der Waals surface area contributed by atoms with Gasteiger partial charge in [0.15, 0.2) is 6.29 Å². The predicted octanol–water partition coefficient (Wildman–Crippen LogP) is 3.80. The van der Waals surface area contributed by atoms with E-state index in [1.807, 2.05) is 38.1 Å². The molecule has 25 heavy (non-hydrogen) atoms. The van der Waals surface area contributed by atoms with E-state index in [-0.39, 0.29) is 12.0 Å². The van der Waals surface area contributed by atoms with Crippen molar-refractivity contribution in [2.45, 2.75) is 33.0 Å². The normalized spacial score (nSPS) is 24.8. The van der Waals surface area contributed by atoms with E-state index in [1.165, 1.54) is 6.33 Å². The first kappa shape index (κ1) is 18.1. The monoisotopic (exact) mass is 407 g/mol. The van der Waals surface area contributed by atoms with E-state index in [9.17, 15) is 5.11 Å². The average molecular weight is 408 g/mol. The lowest BCUT2D eigenvalue weighted by Crippen LogP contribution is -2.41. The van der Waals surface area contributed by atoms with E-state index >= 15 is 0 Å².